The molecule has 0 atom stereocenters. The summed E-state index contributed by atoms with van der Waals surface area (Å²) in [5, 5.41) is 0. The van der Waals surface area contributed by atoms with E-state index in [4.69, 9.17) is 46.4 Å². The van der Waals surface area contributed by atoms with E-state index in [1.165, 1.54) is 0 Å². The number of hydrogen-bond acceptors (Lipinski definition) is 0. The minimum Gasteiger partial charge on any atom is -0.0664 e. The highest BCUT2D eigenvalue weighted by Crippen LogP contribution is 2.29. The van der Waals surface area contributed by atoms with E-state index >= 15 is 0 Å². The Balaban J connectivity index is 0. The van der Waals surface area contributed by atoms with Crippen LogP contribution in [0.25, 0.3) is 0 Å². The molecule has 0 aromatic rings. The SMILES string of the molecule is ClC(Cl)(Cl)Cl.[H+]. The van der Waals surface area contributed by atoms with E-state index in [1.54, 1.807) is 0 Å². The van der Waals surface area contributed by atoms with Crippen LogP contribution < -0.4 is 0 Å². The largest absolute Gasteiger partial charge is 1.00 e. The molecule has 0 heterocycles. The van der Waals surface area contributed by atoms with E-state index < -0.39 is 3.25 Å². The van der Waals surface area contributed by atoms with Crippen molar-refractivity contribution in [3.05, 3.63) is 0 Å². The summed E-state index contributed by atoms with van der Waals surface area (Å²) in [6.45, 7) is 0. The smallest absolute Gasteiger partial charge is 0.0664 e. The van der Waals surface area contributed by atoms with Gasteiger partial charge in [-0.15, -0.1) is 0 Å². The summed E-state index contributed by atoms with van der Waals surface area (Å²) in [5.41, 5.74) is 0. The normalized spacial score (nSPS) is 12.0. The van der Waals surface area contributed by atoms with Crippen LogP contribution >= 0.6 is 46.4 Å². The minimum absolute atomic E-state index is 0. The fraction of sp³-hybridized carbons (Fsp3) is 1.00. The van der Waals surface area contributed by atoms with Gasteiger partial charge in [0.2, 0.25) is 0 Å². The molecule has 0 radical (unpaired) electrons. The van der Waals surface area contributed by atoms with Gasteiger partial charge in [-0.3, -0.25) is 0 Å². The van der Waals surface area contributed by atoms with Crippen molar-refractivity contribution in [1.29, 1.82) is 0 Å². The molecule has 0 aromatic heterocycles. The first-order valence-corrected chi connectivity index (χ1v) is 2.27. The highest BCUT2D eigenvalue weighted by atomic mass is 35.6. The number of hydrogen-bond donors (Lipinski definition) is 0. The van der Waals surface area contributed by atoms with Gasteiger partial charge in [-0.25, -0.2) is 0 Å². The van der Waals surface area contributed by atoms with Crippen molar-refractivity contribution in [3.8, 4) is 0 Å². The number of alkyl halides is 4. The van der Waals surface area contributed by atoms with E-state index in [1.807, 2.05) is 0 Å². The van der Waals surface area contributed by atoms with Crippen molar-refractivity contribution < 1.29 is 1.43 Å². The molecule has 0 bridgehead atoms. The summed E-state index contributed by atoms with van der Waals surface area (Å²) < 4.78 is -1.61. The van der Waals surface area contributed by atoms with Crippen LogP contribution in [0.4, 0.5) is 0 Å². The van der Waals surface area contributed by atoms with Crippen molar-refractivity contribution in [2.45, 2.75) is 3.25 Å². The van der Waals surface area contributed by atoms with Gasteiger partial charge in [0, 0.05) is 0 Å². The Morgan fingerprint density at radius 3 is 1.00 bits per heavy atom. The highest BCUT2D eigenvalue weighted by molar-refractivity contribution is 6.83. The lowest BCUT2D eigenvalue weighted by Gasteiger charge is -1.91. The van der Waals surface area contributed by atoms with E-state index in [2.05, 4.69) is 0 Å². The summed E-state index contributed by atoms with van der Waals surface area (Å²) >= 11 is 19.3. The van der Waals surface area contributed by atoms with Gasteiger partial charge < -0.3 is 0 Å². The molecule has 0 unspecified atom stereocenters. The molecule has 32 valence electrons. The molecule has 0 saturated heterocycles. The third kappa shape index (κ3) is 38.3. The molecule has 4 heteroatoms. The maximum absolute atomic E-state index is 4.83. The van der Waals surface area contributed by atoms with Crippen LogP contribution in [-0.2, 0) is 0 Å². The van der Waals surface area contributed by atoms with Gasteiger partial charge in [0.15, 0.2) is 0 Å². The third-order valence-electron chi connectivity index (χ3n) is 0. The van der Waals surface area contributed by atoms with Gasteiger partial charge in [-0.1, -0.05) is 46.4 Å². The van der Waals surface area contributed by atoms with Crippen molar-refractivity contribution in [2.24, 2.45) is 0 Å². The van der Waals surface area contributed by atoms with Crippen molar-refractivity contribution >= 4 is 46.4 Å². The third-order valence-corrected chi connectivity index (χ3v) is 0. The molecule has 0 rings (SSSR count). The lowest BCUT2D eigenvalue weighted by molar-refractivity contribution is 1.76. The topological polar surface area (TPSA) is 0 Å². The standard InChI is InChI=1S/CCl4/c2-1(3,4)5/p+1. The van der Waals surface area contributed by atoms with Crippen LogP contribution in [0.2, 0.25) is 0 Å². The molecule has 0 saturated carbocycles. The van der Waals surface area contributed by atoms with Crippen LogP contribution in [0.5, 0.6) is 0 Å². The summed E-state index contributed by atoms with van der Waals surface area (Å²) in [6, 6.07) is 0. The maximum Gasteiger partial charge on any atom is 1.00 e. The molecule has 0 fully saturated rings. The predicted octanol–water partition coefficient (Wildman–Crippen LogP) is 2.67. The van der Waals surface area contributed by atoms with Crippen LogP contribution in [0, 0.1) is 0 Å². The van der Waals surface area contributed by atoms with Crippen LogP contribution in [0.1, 0.15) is 1.43 Å². The Hall–Kier alpha value is 1.16. The second-order valence-electron chi connectivity index (χ2n) is 0.429. The van der Waals surface area contributed by atoms with Crippen molar-refractivity contribution in [1.82, 2.24) is 0 Å². The van der Waals surface area contributed by atoms with Gasteiger partial charge in [0.05, 0.1) is 0 Å². The number of halogens is 4. The summed E-state index contributed by atoms with van der Waals surface area (Å²) in [6.07, 6.45) is 0. The summed E-state index contributed by atoms with van der Waals surface area (Å²) in [7, 11) is 0. The van der Waals surface area contributed by atoms with Gasteiger partial charge >= 0.3 is 1.43 Å². The molecule has 0 amide bonds. The maximum atomic E-state index is 4.83. The molecule has 5 heavy (non-hydrogen) atoms. The van der Waals surface area contributed by atoms with E-state index in [-0.39, 0.29) is 1.43 Å². The van der Waals surface area contributed by atoms with Crippen molar-refractivity contribution in [3.63, 3.8) is 0 Å². The molecule has 0 spiro atoms. The van der Waals surface area contributed by atoms with Gasteiger partial charge in [-0.05, 0) is 0 Å². The zero-order valence-corrected chi connectivity index (χ0v) is 5.04. The average molecular weight is 155 g/mol. The van der Waals surface area contributed by atoms with Crippen LogP contribution in [0.3, 0.4) is 0 Å². The Labute approximate surface area is 51.4 Å². The highest BCUT2D eigenvalue weighted by Gasteiger charge is 2.11. The van der Waals surface area contributed by atoms with E-state index in [0.29, 0.717) is 0 Å². The van der Waals surface area contributed by atoms with Gasteiger partial charge in [-0.2, -0.15) is 0 Å². The second kappa shape index (κ2) is 1.74. The molecular formula is CHCl4+. The molecule has 0 aliphatic rings. The Kier molecular flexibility index (Phi) is 2.15. The monoisotopic (exact) mass is 153 g/mol. The van der Waals surface area contributed by atoms with Crippen molar-refractivity contribution in [2.75, 3.05) is 0 Å². The zero-order chi connectivity index (χ0) is 4.50. The summed E-state index contributed by atoms with van der Waals surface area (Å²) in [4.78, 5) is 0. The Morgan fingerprint density at radius 1 is 1.00 bits per heavy atom. The minimum atomic E-state index is -1.61. The quantitative estimate of drug-likeness (QED) is 0.471. The van der Waals surface area contributed by atoms with E-state index in [0.717, 1.165) is 0 Å². The Bertz CT molecular complexity index is 23.0. The first-order chi connectivity index (χ1) is 2.00. The number of rotatable bonds is 0. The molecule has 0 N–H and O–H groups in total. The predicted molar refractivity (Wildman–Crippen MR) is 27.3 cm³/mol. The van der Waals surface area contributed by atoms with E-state index in [9.17, 15) is 0 Å². The molecule has 0 aliphatic carbocycles. The lowest BCUT2D eigenvalue weighted by atomic mass is 11.8. The second-order valence-corrected chi connectivity index (χ2v) is 3.86. The molecular weight excluding hydrogens is 154 g/mol. The lowest BCUT2D eigenvalue weighted by Crippen LogP contribution is -1.81. The molecule has 0 aromatic carbocycles. The average Bonchev–Trinajstić information content (AvgIpc) is 0.722. The van der Waals surface area contributed by atoms with Gasteiger partial charge in [0.1, 0.15) is 0 Å². The van der Waals surface area contributed by atoms with Crippen LogP contribution in [-0.4, -0.2) is 3.25 Å². The summed E-state index contributed by atoms with van der Waals surface area (Å²) in [5.74, 6) is 0. The zero-order valence-electron chi connectivity index (χ0n) is 3.01. The molecule has 0 aliphatic heterocycles. The first-order valence-electron chi connectivity index (χ1n) is 0.756. The fourth-order valence-corrected chi connectivity index (χ4v) is 0. The molecule has 0 nitrogen and oxygen atoms in total. The van der Waals surface area contributed by atoms with Gasteiger partial charge in [0.25, 0.3) is 3.25 Å². The Morgan fingerprint density at radius 2 is 1.00 bits per heavy atom. The van der Waals surface area contributed by atoms with Crippen LogP contribution in [0.15, 0.2) is 0 Å². The first kappa shape index (κ1) is 6.16. The fourth-order valence-electron chi connectivity index (χ4n) is 0.